The van der Waals surface area contributed by atoms with E-state index >= 15 is 0 Å². The lowest BCUT2D eigenvalue weighted by Gasteiger charge is -2.24. The number of carbonyl (C=O) groups excluding carboxylic acids is 4. The summed E-state index contributed by atoms with van der Waals surface area (Å²) in [6.07, 6.45) is 0.374. The van der Waals surface area contributed by atoms with E-state index in [-0.39, 0.29) is 18.2 Å². The van der Waals surface area contributed by atoms with Gasteiger partial charge in [-0.25, -0.2) is 9.69 Å². The molecule has 1 aliphatic rings. The van der Waals surface area contributed by atoms with Crippen LogP contribution < -0.4 is 15.5 Å². The highest BCUT2D eigenvalue weighted by atomic mass is 16.2. The number of anilines is 2. The summed E-state index contributed by atoms with van der Waals surface area (Å²) in [4.78, 5) is 47.3. The number of barbiturate groups is 1. The van der Waals surface area contributed by atoms with Gasteiger partial charge in [0.05, 0.1) is 5.69 Å². The van der Waals surface area contributed by atoms with E-state index in [1.165, 1.54) is 0 Å². The summed E-state index contributed by atoms with van der Waals surface area (Å²) in [5, 5.41) is 4.84. The first-order chi connectivity index (χ1) is 10.4. The quantitative estimate of drug-likeness (QED) is 0.827. The lowest BCUT2D eigenvalue weighted by Crippen LogP contribution is -2.52. The number of rotatable bonds is 4. The van der Waals surface area contributed by atoms with E-state index in [4.69, 9.17) is 0 Å². The zero-order chi connectivity index (χ0) is 16.3. The van der Waals surface area contributed by atoms with Gasteiger partial charge in [-0.3, -0.25) is 19.7 Å². The molecule has 1 heterocycles. The molecule has 2 N–H and O–H groups in total. The molecule has 2 rings (SSSR count). The Hall–Kier alpha value is -2.70. The maximum atomic E-state index is 11.8. The van der Waals surface area contributed by atoms with Gasteiger partial charge in [0.15, 0.2) is 0 Å². The Balaban J connectivity index is 2.12. The fourth-order valence-corrected chi connectivity index (χ4v) is 1.95. The Morgan fingerprint density at radius 3 is 2.45 bits per heavy atom. The van der Waals surface area contributed by atoms with Crippen LogP contribution in [0.1, 0.15) is 26.7 Å². The first-order valence-electron chi connectivity index (χ1n) is 7.00. The van der Waals surface area contributed by atoms with E-state index in [0.717, 1.165) is 11.3 Å². The molecule has 22 heavy (non-hydrogen) atoms. The number of hydrogen-bond donors (Lipinski definition) is 2. The first kappa shape index (κ1) is 15.7. The molecule has 0 aromatic heterocycles. The van der Waals surface area contributed by atoms with Crippen LogP contribution >= 0.6 is 0 Å². The summed E-state index contributed by atoms with van der Waals surface area (Å²) >= 11 is 0. The summed E-state index contributed by atoms with van der Waals surface area (Å²) in [5.41, 5.74) is 0.923. The van der Waals surface area contributed by atoms with Crippen LogP contribution in [0.2, 0.25) is 0 Å². The van der Waals surface area contributed by atoms with Crippen LogP contribution in [0.4, 0.5) is 16.2 Å². The second-order valence-corrected chi connectivity index (χ2v) is 5.10. The van der Waals surface area contributed by atoms with Crippen molar-refractivity contribution in [1.29, 1.82) is 0 Å². The number of carbonyl (C=O) groups is 4. The highest BCUT2D eigenvalue weighted by Crippen LogP contribution is 2.21. The van der Waals surface area contributed by atoms with Crippen molar-refractivity contribution in [2.24, 2.45) is 5.92 Å². The molecule has 0 bridgehead atoms. The second kappa shape index (κ2) is 6.38. The van der Waals surface area contributed by atoms with Gasteiger partial charge in [-0.05, 0) is 30.7 Å². The molecule has 1 aromatic carbocycles. The van der Waals surface area contributed by atoms with Crippen LogP contribution in [-0.4, -0.2) is 23.8 Å². The molecule has 1 saturated heterocycles. The van der Waals surface area contributed by atoms with Crippen LogP contribution in [0, 0.1) is 5.92 Å². The van der Waals surface area contributed by atoms with Crippen molar-refractivity contribution in [1.82, 2.24) is 5.32 Å². The molecular formula is C15H17N3O4. The first-order valence-corrected chi connectivity index (χ1v) is 7.00. The molecule has 1 aromatic rings. The molecule has 1 atom stereocenters. The average molecular weight is 303 g/mol. The van der Waals surface area contributed by atoms with E-state index < -0.39 is 17.8 Å². The molecule has 0 radical (unpaired) electrons. The SMILES string of the molecule is CCC(C)C(=O)Nc1ccc(N2C(=O)CC(=O)NC2=O)cc1. The number of nitrogens with zero attached hydrogens (tertiary/aromatic N) is 1. The van der Waals surface area contributed by atoms with Crippen LogP contribution in [-0.2, 0) is 14.4 Å². The van der Waals surface area contributed by atoms with Crippen molar-refractivity contribution < 1.29 is 19.2 Å². The molecule has 116 valence electrons. The van der Waals surface area contributed by atoms with Gasteiger partial charge < -0.3 is 5.32 Å². The van der Waals surface area contributed by atoms with Crippen LogP contribution in [0.3, 0.4) is 0 Å². The third-order valence-corrected chi connectivity index (χ3v) is 3.46. The van der Waals surface area contributed by atoms with Gasteiger partial charge in [0.2, 0.25) is 17.7 Å². The zero-order valence-electron chi connectivity index (χ0n) is 12.4. The van der Waals surface area contributed by atoms with Gasteiger partial charge in [-0.1, -0.05) is 13.8 Å². The molecule has 7 heteroatoms. The van der Waals surface area contributed by atoms with E-state index in [9.17, 15) is 19.2 Å². The number of amides is 5. The van der Waals surface area contributed by atoms with Crippen LogP contribution in [0.25, 0.3) is 0 Å². The number of urea groups is 1. The maximum absolute atomic E-state index is 11.8. The fraction of sp³-hybridized carbons (Fsp3) is 0.333. The Morgan fingerprint density at radius 1 is 1.27 bits per heavy atom. The summed E-state index contributed by atoms with van der Waals surface area (Å²) in [7, 11) is 0. The highest BCUT2D eigenvalue weighted by molar-refractivity contribution is 6.26. The molecule has 0 saturated carbocycles. The number of imide groups is 2. The Bertz CT molecular complexity index is 604. The van der Waals surface area contributed by atoms with Crippen molar-refractivity contribution in [2.45, 2.75) is 26.7 Å². The van der Waals surface area contributed by atoms with Crippen LogP contribution in [0.15, 0.2) is 24.3 Å². The normalized spacial score (nSPS) is 16.3. The number of nitrogens with one attached hydrogen (secondary N) is 2. The van der Waals surface area contributed by atoms with E-state index in [2.05, 4.69) is 10.6 Å². The molecule has 1 unspecified atom stereocenters. The zero-order valence-corrected chi connectivity index (χ0v) is 12.4. The van der Waals surface area contributed by atoms with Crippen LogP contribution in [0.5, 0.6) is 0 Å². The predicted octanol–water partition coefficient (Wildman–Crippen LogP) is 1.64. The lowest BCUT2D eigenvalue weighted by molar-refractivity contribution is -0.128. The summed E-state index contributed by atoms with van der Waals surface area (Å²) < 4.78 is 0. The third-order valence-electron chi connectivity index (χ3n) is 3.46. The van der Waals surface area contributed by atoms with Gasteiger partial charge in [0, 0.05) is 11.6 Å². The van der Waals surface area contributed by atoms with Crippen molar-refractivity contribution in [3.8, 4) is 0 Å². The maximum Gasteiger partial charge on any atom is 0.335 e. The smallest absolute Gasteiger partial charge is 0.326 e. The van der Waals surface area contributed by atoms with E-state index in [1.54, 1.807) is 24.3 Å². The minimum absolute atomic E-state index is 0.0901. The van der Waals surface area contributed by atoms with Crippen molar-refractivity contribution in [3.63, 3.8) is 0 Å². The van der Waals surface area contributed by atoms with Gasteiger partial charge >= 0.3 is 6.03 Å². The number of benzene rings is 1. The van der Waals surface area contributed by atoms with E-state index in [0.29, 0.717) is 11.4 Å². The molecular weight excluding hydrogens is 286 g/mol. The van der Waals surface area contributed by atoms with Gasteiger partial charge in [-0.2, -0.15) is 0 Å². The molecule has 0 aliphatic carbocycles. The largest absolute Gasteiger partial charge is 0.335 e. The van der Waals surface area contributed by atoms with Crippen molar-refractivity contribution in [3.05, 3.63) is 24.3 Å². The molecule has 7 nitrogen and oxygen atoms in total. The second-order valence-electron chi connectivity index (χ2n) is 5.10. The molecule has 1 fully saturated rings. The van der Waals surface area contributed by atoms with Crippen molar-refractivity contribution in [2.75, 3.05) is 10.2 Å². The van der Waals surface area contributed by atoms with Crippen molar-refractivity contribution >= 4 is 35.1 Å². The monoisotopic (exact) mass is 303 g/mol. The Morgan fingerprint density at radius 2 is 1.91 bits per heavy atom. The number of hydrogen-bond acceptors (Lipinski definition) is 4. The summed E-state index contributed by atoms with van der Waals surface area (Å²) in [5.74, 6) is -1.37. The highest BCUT2D eigenvalue weighted by Gasteiger charge is 2.31. The molecule has 5 amide bonds. The Labute approximate surface area is 127 Å². The van der Waals surface area contributed by atoms with Gasteiger partial charge in [0.25, 0.3) is 0 Å². The minimum atomic E-state index is -0.766. The van der Waals surface area contributed by atoms with Gasteiger partial charge in [-0.15, -0.1) is 0 Å². The van der Waals surface area contributed by atoms with E-state index in [1.807, 2.05) is 13.8 Å². The van der Waals surface area contributed by atoms with Gasteiger partial charge in [0.1, 0.15) is 6.42 Å². The lowest BCUT2D eigenvalue weighted by atomic mass is 10.1. The molecule has 0 spiro atoms. The standard InChI is InChI=1S/C15H17N3O4/c1-3-9(2)14(21)16-10-4-6-11(7-5-10)18-13(20)8-12(19)17-15(18)22/h4-7,9H,3,8H2,1-2H3,(H,16,21)(H,17,19,22). The summed E-state index contributed by atoms with van der Waals surface area (Å²) in [6.45, 7) is 3.76. The third kappa shape index (κ3) is 3.30. The average Bonchev–Trinajstić information content (AvgIpc) is 2.47. The minimum Gasteiger partial charge on any atom is -0.326 e. The fourth-order valence-electron chi connectivity index (χ4n) is 1.95. The predicted molar refractivity (Wildman–Crippen MR) is 80.2 cm³/mol. The topological polar surface area (TPSA) is 95.6 Å². The summed E-state index contributed by atoms with van der Waals surface area (Å²) in [6, 6.07) is 5.52. The molecule has 1 aliphatic heterocycles. The Kier molecular flexibility index (Phi) is 4.55.